The number of hydrogen-bond donors (Lipinski definition) is 2. The minimum atomic E-state index is -0.283. The molecule has 0 amide bonds. The van der Waals surface area contributed by atoms with Gasteiger partial charge in [-0.2, -0.15) is 4.98 Å². The maximum Gasteiger partial charge on any atom is 0.258 e. The molecule has 0 aliphatic heterocycles. The van der Waals surface area contributed by atoms with Crippen molar-refractivity contribution in [3.63, 3.8) is 0 Å². The van der Waals surface area contributed by atoms with Crippen molar-refractivity contribution in [2.45, 2.75) is 13.3 Å². The predicted molar refractivity (Wildman–Crippen MR) is 66.9 cm³/mol. The number of aromatic hydroxyl groups is 1. The molecule has 0 aromatic carbocycles. The monoisotopic (exact) mass is 300 g/mol. The number of hydrogen-bond acceptors (Lipinski definition) is 4. The zero-order valence-corrected chi connectivity index (χ0v) is 10.9. The topological polar surface area (TPSA) is 66.0 Å². The molecule has 4 nitrogen and oxygen atoms in total. The van der Waals surface area contributed by atoms with Crippen molar-refractivity contribution in [3.8, 4) is 16.6 Å². The van der Waals surface area contributed by atoms with Gasteiger partial charge in [0.25, 0.3) is 5.56 Å². The molecule has 2 rings (SSSR count). The third-order valence-corrected chi connectivity index (χ3v) is 3.85. The Hall–Kier alpha value is -1.14. The highest BCUT2D eigenvalue weighted by atomic mass is 79.9. The fraction of sp³-hybridized carbons (Fsp3) is 0.200. The summed E-state index contributed by atoms with van der Waals surface area (Å²) < 4.78 is 0.925. The Balaban J connectivity index is 2.56. The van der Waals surface area contributed by atoms with Gasteiger partial charge in [-0.1, -0.05) is 6.92 Å². The Morgan fingerprint density at radius 3 is 2.88 bits per heavy atom. The van der Waals surface area contributed by atoms with E-state index in [2.05, 4.69) is 25.9 Å². The van der Waals surface area contributed by atoms with Crippen LogP contribution in [0.4, 0.5) is 0 Å². The van der Waals surface area contributed by atoms with E-state index in [0.717, 1.165) is 9.35 Å². The van der Waals surface area contributed by atoms with Crippen LogP contribution in [0.2, 0.25) is 0 Å². The van der Waals surface area contributed by atoms with Crippen molar-refractivity contribution in [2.75, 3.05) is 0 Å². The van der Waals surface area contributed by atoms with Crippen molar-refractivity contribution >= 4 is 27.3 Å². The molecule has 6 heteroatoms. The van der Waals surface area contributed by atoms with Crippen LogP contribution in [0.3, 0.4) is 0 Å². The molecular formula is C10H9BrN2O2S. The van der Waals surface area contributed by atoms with Gasteiger partial charge in [0, 0.05) is 9.85 Å². The second kappa shape index (κ2) is 4.39. The summed E-state index contributed by atoms with van der Waals surface area (Å²) in [5, 5.41) is 11.5. The van der Waals surface area contributed by atoms with E-state index < -0.39 is 0 Å². The smallest absolute Gasteiger partial charge is 0.258 e. The van der Waals surface area contributed by atoms with E-state index in [1.165, 1.54) is 11.3 Å². The fourth-order valence-electron chi connectivity index (χ4n) is 1.36. The number of H-pyrrole nitrogens is 1. The number of halogens is 1. The second-order valence-electron chi connectivity index (χ2n) is 3.20. The molecule has 16 heavy (non-hydrogen) atoms. The van der Waals surface area contributed by atoms with E-state index in [0.29, 0.717) is 17.8 Å². The fourth-order valence-corrected chi connectivity index (χ4v) is 2.73. The average molecular weight is 301 g/mol. The molecule has 0 aliphatic rings. The van der Waals surface area contributed by atoms with Crippen LogP contribution in [0.25, 0.3) is 10.7 Å². The molecule has 2 aromatic rings. The Morgan fingerprint density at radius 1 is 1.62 bits per heavy atom. The number of aromatic amines is 1. The van der Waals surface area contributed by atoms with Gasteiger partial charge >= 0.3 is 0 Å². The molecule has 0 aliphatic carbocycles. The first-order chi connectivity index (χ1) is 7.61. The van der Waals surface area contributed by atoms with E-state index >= 15 is 0 Å². The Kier molecular flexibility index (Phi) is 3.11. The average Bonchev–Trinajstić information content (AvgIpc) is 2.64. The molecule has 2 aromatic heterocycles. The first-order valence-corrected chi connectivity index (χ1v) is 6.35. The van der Waals surface area contributed by atoms with Gasteiger partial charge in [-0.3, -0.25) is 4.79 Å². The Bertz CT molecular complexity index is 576. The van der Waals surface area contributed by atoms with Crippen LogP contribution < -0.4 is 5.56 Å². The molecule has 0 saturated carbocycles. The van der Waals surface area contributed by atoms with Gasteiger partial charge in [0.1, 0.15) is 0 Å². The van der Waals surface area contributed by atoms with E-state index in [-0.39, 0.29) is 11.4 Å². The summed E-state index contributed by atoms with van der Waals surface area (Å²) in [6, 6.07) is 1.84. The zero-order valence-electron chi connectivity index (χ0n) is 8.45. The second-order valence-corrected chi connectivity index (χ2v) is 5.03. The molecular weight excluding hydrogens is 292 g/mol. The van der Waals surface area contributed by atoms with E-state index in [1.54, 1.807) is 6.92 Å². The van der Waals surface area contributed by atoms with Crippen molar-refractivity contribution in [3.05, 3.63) is 31.8 Å². The number of nitrogens with one attached hydrogen (secondary N) is 1. The highest BCUT2D eigenvalue weighted by Gasteiger charge is 2.11. The summed E-state index contributed by atoms with van der Waals surface area (Å²) in [4.78, 5) is 19.1. The van der Waals surface area contributed by atoms with Crippen LogP contribution >= 0.6 is 27.3 Å². The molecule has 2 heterocycles. The minimum Gasteiger partial charge on any atom is -0.493 e. The van der Waals surface area contributed by atoms with Crippen molar-refractivity contribution < 1.29 is 5.11 Å². The van der Waals surface area contributed by atoms with Crippen LogP contribution in [0, 0.1) is 0 Å². The molecule has 0 fully saturated rings. The molecule has 0 saturated heterocycles. The van der Waals surface area contributed by atoms with Gasteiger partial charge < -0.3 is 10.1 Å². The molecule has 84 valence electrons. The van der Waals surface area contributed by atoms with Gasteiger partial charge in [0.15, 0.2) is 5.82 Å². The highest BCUT2D eigenvalue weighted by molar-refractivity contribution is 9.10. The van der Waals surface area contributed by atoms with Crippen LogP contribution in [0.5, 0.6) is 5.88 Å². The van der Waals surface area contributed by atoms with Crippen molar-refractivity contribution in [1.29, 1.82) is 0 Å². The summed E-state index contributed by atoms with van der Waals surface area (Å²) in [5.74, 6) is 0.209. The van der Waals surface area contributed by atoms with Gasteiger partial charge in [-0.05, 0) is 28.4 Å². The Labute approximate surface area is 104 Å². The van der Waals surface area contributed by atoms with Crippen molar-refractivity contribution in [2.24, 2.45) is 0 Å². The quantitative estimate of drug-likeness (QED) is 0.896. The van der Waals surface area contributed by atoms with Crippen molar-refractivity contribution in [1.82, 2.24) is 9.97 Å². The summed E-state index contributed by atoms with van der Waals surface area (Å²) in [6.07, 6.45) is 0.461. The molecule has 0 bridgehead atoms. The highest BCUT2D eigenvalue weighted by Crippen LogP contribution is 2.27. The van der Waals surface area contributed by atoms with Crippen LogP contribution in [0.1, 0.15) is 12.5 Å². The number of aromatic nitrogens is 2. The van der Waals surface area contributed by atoms with E-state index in [4.69, 9.17) is 0 Å². The van der Waals surface area contributed by atoms with Crippen LogP contribution in [0.15, 0.2) is 20.7 Å². The van der Waals surface area contributed by atoms with Gasteiger partial charge in [0.05, 0.1) is 10.4 Å². The SMILES string of the molecule is CCc1c(O)nc(-c2cc(Br)cs2)[nH]c1=O. The lowest BCUT2D eigenvalue weighted by Gasteiger charge is -2.01. The summed E-state index contributed by atoms with van der Waals surface area (Å²) in [5.41, 5.74) is 0.0360. The van der Waals surface area contributed by atoms with Gasteiger partial charge in [-0.15, -0.1) is 11.3 Å². The predicted octanol–water partition coefficient (Wildman–Crippen LogP) is 2.53. The number of nitrogens with zero attached hydrogens (tertiary/aromatic N) is 1. The van der Waals surface area contributed by atoms with Gasteiger partial charge in [0.2, 0.25) is 5.88 Å². The first kappa shape index (κ1) is 11.3. The number of thiophene rings is 1. The summed E-state index contributed by atoms with van der Waals surface area (Å²) in [6.45, 7) is 1.80. The third-order valence-electron chi connectivity index (χ3n) is 2.15. The third kappa shape index (κ3) is 2.03. The summed E-state index contributed by atoms with van der Waals surface area (Å²) in [7, 11) is 0. The maximum atomic E-state index is 11.6. The standard InChI is InChI=1S/C10H9BrN2O2S/c1-2-6-9(14)12-8(13-10(6)15)7-3-5(11)4-16-7/h3-4H,2H2,1H3,(H2,12,13,14,15). The lowest BCUT2D eigenvalue weighted by atomic mass is 10.2. The Morgan fingerprint density at radius 2 is 2.38 bits per heavy atom. The molecule has 0 spiro atoms. The van der Waals surface area contributed by atoms with Crippen LogP contribution in [-0.4, -0.2) is 15.1 Å². The normalized spacial score (nSPS) is 10.6. The summed E-state index contributed by atoms with van der Waals surface area (Å²) >= 11 is 4.77. The van der Waals surface area contributed by atoms with E-state index in [1.807, 2.05) is 11.4 Å². The van der Waals surface area contributed by atoms with E-state index in [9.17, 15) is 9.90 Å². The molecule has 0 radical (unpaired) electrons. The minimum absolute atomic E-state index is 0.189. The first-order valence-electron chi connectivity index (χ1n) is 4.68. The largest absolute Gasteiger partial charge is 0.493 e. The zero-order chi connectivity index (χ0) is 11.7. The lowest BCUT2D eigenvalue weighted by Crippen LogP contribution is -2.14. The van der Waals surface area contributed by atoms with Crippen LogP contribution in [-0.2, 0) is 6.42 Å². The molecule has 0 atom stereocenters. The molecule has 2 N–H and O–H groups in total. The number of rotatable bonds is 2. The maximum absolute atomic E-state index is 11.6. The molecule has 0 unspecified atom stereocenters. The lowest BCUT2D eigenvalue weighted by molar-refractivity contribution is 0.444. The van der Waals surface area contributed by atoms with Gasteiger partial charge in [-0.25, -0.2) is 0 Å².